The number of hydrogen-bond acceptors (Lipinski definition) is 5. The predicted molar refractivity (Wildman–Crippen MR) is 119 cm³/mol. The van der Waals surface area contributed by atoms with Gasteiger partial charge < -0.3 is 14.9 Å². The van der Waals surface area contributed by atoms with Crippen LogP contribution in [0.1, 0.15) is 46.4 Å². The Bertz CT molecular complexity index is 1100. The highest BCUT2D eigenvalue weighted by atomic mass is 32.2. The van der Waals surface area contributed by atoms with Crippen molar-refractivity contribution in [2.45, 2.75) is 36.6 Å². The minimum atomic E-state index is -3.68. The van der Waals surface area contributed by atoms with Gasteiger partial charge in [0.1, 0.15) is 5.75 Å². The second-order valence-corrected chi connectivity index (χ2v) is 9.95. The Hall–Kier alpha value is -2.91. The second-order valence-electron chi connectivity index (χ2n) is 8.23. The second kappa shape index (κ2) is 9.30. The van der Waals surface area contributed by atoms with E-state index in [9.17, 15) is 23.1 Å². The van der Waals surface area contributed by atoms with Gasteiger partial charge in [0, 0.05) is 37.8 Å². The summed E-state index contributed by atoms with van der Waals surface area (Å²) >= 11 is 0. The number of aromatic hydroxyl groups is 1. The molecule has 0 radical (unpaired) electrons. The number of phenolic OH excluding ortho intramolecular Hbond substituents is 1. The molecule has 4 rings (SSSR count). The third-order valence-electron chi connectivity index (χ3n) is 6.06. The fourth-order valence-electron chi connectivity index (χ4n) is 4.25. The predicted octanol–water partition coefficient (Wildman–Crippen LogP) is 2.21. The van der Waals surface area contributed by atoms with Crippen LogP contribution in [0.15, 0.2) is 53.4 Å². The third-order valence-corrected chi connectivity index (χ3v) is 7.58. The molecule has 0 spiro atoms. The maximum absolute atomic E-state index is 13.0. The highest BCUT2D eigenvalue weighted by molar-refractivity contribution is 7.89. The van der Waals surface area contributed by atoms with Gasteiger partial charge in [0.2, 0.25) is 10.0 Å². The number of piperazine rings is 1. The van der Waals surface area contributed by atoms with E-state index >= 15 is 0 Å². The number of hydrogen-bond donors (Lipinski definition) is 2. The van der Waals surface area contributed by atoms with Crippen molar-refractivity contribution in [2.75, 3.05) is 26.2 Å². The summed E-state index contributed by atoms with van der Waals surface area (Å²) in [6, 6.07) is 12.4. The number of benzene rings is 2. The van der Waals surface area contributed by atoms with Crippen molar-refractivity contribution in [3.63, 3.8) is 0 Å². The van der Waals surface area contributed by atoms with Crippen molar-refractivity contribution in [3.8, 4) is 5.75 Å². The van der Waals surface area contributed by atoms with Crippen molar-refractivity contribution in [1.82, 2.24) is 14.5 Å². The van der Waals surface area contributed by atoms with Gasteiger partial charge in [-0.15, -0.1) is 0 Å². The lowest BCUT2D eigenvalue weighted by Gasteiger charge is -2.35. The lowest BCUT2D eigenvalue weighted by Crippen LogP contribution is -2.50. The van der Waals surface area contributed by atoms with Crippen LogP contribution in [0.4, 0.5) is 0 Å². The van der Waals surface area contributed by atoms with E-state index in [4.69, 9.17) is 0 Å². The van der Waals surface area contributed by atoms with Crippen LogP contribution < -0.4 is 4.72 Å². The molecule has 2 fully saturated rings. The summed E-state index contributed by atoms with van der Waals surface area (Å²) in [4.78, 5) is 28.9. The van der Waals surface area contributed by atoms with Gasteiger partial charge in [-0.2, -0.15) is 0 Å². The lowest BCUT2D eigenvalue weighted by atomic mass is 10.1. The molecular formula is C23H27N3O5S. The molecule has 8 nitrogen and oxygen atoms in total. The highest BCUT2D eigenvalue weighted by Gasteiger charge is 2.28. The first-order valence-corrected chi connectivity index (χ1v) is 12.3. The smallest absolute Gasteiger partial charge is 0.257 e. The van der Waals surface area contributed by atoms with Gasteiger partial charge in [0.25, 0.3) is 11.8 Å². The van der Waals surface area contributed by atoms with Gasteiger partial charge >= 0.3 is 0 Å². The molecule has 170 valence electrons. The van der Waals surface area contributed by atoms with Crippen LogP contribution in [-0.2, 0) is 10.0 Å². The molecule has 0 atom stereocenters. The Morgan fingerprint density at radius 2 is 1.50 bits per heavy atom. The fourth-order valence-corrected chi connectivity index (χ4v) is 5.60. The molecule has 0 unspecified atom stereocenters. The van der Waals surface area contributed by atoms with Crippen molar-refractivity contribution >= 4 is 21.8 Å². The van der Waals surface area contributed by atoms with E-state index in [2.05, 4.69) is 4.72 Å². The van der Waals surface area contributed by atoms with E-state index in [-0.39, 0.29) is 34.1 Å². The van der Waals surface area contributed by atoms with Crippen molar-refractivity contribution in [2.24, 2.45) is 0 Å². The summed E-state index contributed by atoms with van der Waals surface area (Å²) in [7, 11) is -3.68. The summed E-state index contributed by atoms with van der Waals surface area (Å²) in [5.41, 5.74) is 0.541. The normalized spacial score (nSPS) is 17.5. The maximum atomic E-state index is 13.0. The fraction of sp³-hybridized carbons (Fsp3) is 0.391. The van der Waals surface area contributed by atoms with E-state index in [1.54, 1.807) is 40.1 Å². The molecule has 1 aliphatic heterocycles. The molecule has 2 aromatic rings. The molecule has 0 aromatic heterocycles. The van der Waals surface area contributed by atoms with E-state index in [1.165, 1.54) is 18.2 Å². The largest absolute Gasteiger partial charge is 0.507 e. The van der Waals surface area contributed by atoms with Crippen LogP contribution >= 0.6 is 0 Å². The Kier molecular flexibility index (Phi) is 6.48. The molecule has 9 heteroatoms. The maximum Gasteiger partial charge on any atom is 0.257 e. The Morgan fingerprint density at radius 3 is 2.16 bits per heavy atom. The minimum absolute atomic E-state index is 0.0472. The van der Waals surface area contributed by atoms with Gasteiger partial charge in [-0.3, -0.25) is 9.59 Å². The third kappa shape index (κ3) is 4.78. The Balaban J connectivity index is 1.41. The molecule has 2 N–H and O–H groups in total. The van der Waals surface area contributed by atoms with Gasteiger partial charge in [-0.25, -0.2) is 13.1 Å². The Labute approximate surface area is 187 Å². The van der Waals surface area contributed by atoms with E-state index < -0.39 is 10.0 Å². The number of rotatable bonds is 5. The minimum Gasteiger partial charge on any atom is -0.507 e. The van der Waals surface area contributed by atoms with Crippen molar-refractivity contribution in [3.05, 3.63) is 59.7 Å². The van der Waals surface area contributed by atoms with Gasteiger partial charge in [0.15, 0.2) is 0 Å². The number of para-hydroxylation sites is 1. The number of nitrogens with one attached hydrogen (secondary N) is 1. The summed E-state index contributed by atoms with van der Waals surface area (Å²) < 4.78 is 28.2. The quantitative estimate of drug-likeness (QED) is 0.716. The zero-order valence-electron chi connectivity index (χ0n) is 17.7. The van der Waals surface area contributed by atoms with Crippen LogP contribution in [0, 0.1) is 0 Å². The zero-order valence-corrected chi connectivity index (χ0v) is 18.6. The SMILES string of the molecule is O=C(c1cccc(S(=O)(=O)NC2CCCC2)c1)N1CCN(C(=O)c2ccccc2O)CC1. The molecule has 32 heavy (non-hydrogen) atoms. The average Bonchev–Trinajstić information content (AvgIpc) is 3.31. The number of carbonyl (C=O) groups excluding carboxylic acids is 2. The van der Waals surface area contributed by atoms with Crippen LogP contribution in [0.3, 0.4) is 0 Å². The molecule has 1 heterocycles. The monoisotopic (exact) mass is 457 g/mol. The molecule has 0 bridgehead atoms. The molecule has 2 aromatic carbocycles. The Morgan fingerprint density at radius 1 is 0.875 bits per heavy atom. The zero-order chi connectivity index (χ0) is 22.7. The molecule has 1 saturated carbocycles. The molecule has 1 saturated heterocycles. The number of carbonyl (C=O) groups is 2. The van der Waals surface area contributed by atoms with Gasteiger partial charge in [-0.05, 0) is 43.2 Å². The number of phenols is 1. The summed E-state index contributed by atoms with van der Waals surface area (Å²) in [6.07, 6.45) is 3.71. The van der Waals surface area contributed by atoms with Crippen molar-refractivity contribution in [1.29, 1.82) is 0 Å². The van der Waals surface area contributed by atoms with Crippen LogP contribution in [0.2, 0.25) is 0 Å². The lowest BCUT2D eigenvalue weighted by molar-refractivity contribution is 0.0533. The summed E-state index contributed by atoms with van der Waals surface area (Å²) in [5.74, 6) is -0.612. The number of sulfonamides is 1. The molecule has 2 aliphatic rings. The van der Waals surface area contributed by atoms with E-state index in [1.807, 2.05) is 0 Å². The first-order valence-electron chi connectivity index (χ1n) is 10.8. The van der Waals surface area contributed by atoms with Crippen molar-refractivity contribution < 1.29 is 23.1 Å². The first kappa shape index (κ1) is 22.3. The first-order chi connectivity index (χ1) is 15.3. The van der Waals surface area contributed by atoms with E-state index in [0.717, 1.165) is 25.7 Å². The number of nitrogens with zero attached hydrogens (tertiary/aromatic N) is 2. The topological polar surface area (TPSA) is 107 Å². The molecular weight excluding hydrogens is 430 g/mol. The average molecular weight is 458 g/mol. The standard InChI is InChI=1S/C23H27N3O5S/c27-21-11-4-3-10-20(21)23(29)26-14-12-25(13-15-26)22(28)17-6-5-9-19(16-17)32(30,31)24-18-7-1-2-8-18/h3-6,9-11,16,18,24,27H,1-2,7-8,12-15H2. The number of amides is 2. The van der Waals surface area contributed by atoms with Crippen LogP contribution in [-0.4, -0.2) is 67.4 Å². The molecule has 1 aliphatic carbocycles. The van der Waals surface area contributed by atoms with E-state index in [0.29, 0.717) is 31.7 Å². The molecule has 2 amide bonds. The van der Waals surface area contributed by atoms with Gasteiger partial charge in [-0.1, -0.05) is 31.0 Å². The highest BCUT2D eigenvalue weighted by Crippen LogP contribution is 2.22. The summed E-state index contributed by atoms with van der Waals surface area (Å²) in [6.45, 7) is 1.32. The van der Waals surface area contributed by atoms with Crippen LogP contribution in [0.5, 0.6) is 5.75 Å². The van der Waals surface area contributed by atoms with Gasteiger partial charge in [0.05, 0.1) is 10.5 Å². The summed E-state index contributed by atoms with van der Waals surface area (Å²) in [5, 5.41) is 9.92. The van der Waals surface area contributed by atoms with Crippen LogP contribution in [0.25, 0.3) is 0 Å².